The number of hydrogen-bond acceptors (Lipinski definition) is 5. The van der Waals surface area contributed by atoms with Crippen molar-refractivity contribution < 1.29 is 14.3 Å². The number of nitrogens with one attached hydrogen (secondary N) is 1. The molecule has 0 bridgehead atoms. The summed E-state index contributed by atoms with van der Waals surface area (Å²) in [5, 5.41) is 2.89. The third kappa shape index (κ3) is 3.02. The molecule has 23 heavy (non-hydrogen) atoms. The van der Waals surface area contributed by atoms with Gasteiger partial charge in [-0.2, -0.15) is 0 Å². The highest BCUT2D eigenvalue weighted by Gasteiger charge is 2.57. The highest BCUT2D eigenvalue weighted by molar-refractivity contribution is 6.05. The first kappa shape index (κ1) is 15.8. The van der Waals surface area contributed by atoms with Crippen molar-refractivity contribution in [2.45, 2.75) is 39.2 Å². The molecule has 6 nitrogen and oxygen atoms in total. The fourth-order valence-corrected chi connectivity index (χ4v) is 3.10. The van der Waals surface area contributed by atoms with E-state index in [1.54, 1.807) is 0 Å². The molecule has 1 saturated carbocycles. The van der Waals surface area contributed by atoms with E-state index in [1.165, 1.54) is 20.0 Å². The summed E-state index contributed by atoms with van der Waals surface area (Å²) < 4.78 is 4.75. The van der Waals surface area contributed by atoms with Crippen LogP contribution in [0.2, 0.25) is 0 Å². The average Bonchev–Trinajstić information content (AvgIpc) is 3.19. The first-order valence-corrected chi connectivity index (χ1v) is 8.15. The zero-order valence-electron chi connectivity index (χ0n) is 13.7. The minimum Gasteiger partial charge on any atom is -0.468 e. The van der Waals surface area contributed by atoms with Crippen LogP contribution < -0.4 is 10.2 Å². The summed E-state index contributed by atoms with van der Waals surface area (Å²) >= 11 is 0. The van der Waals surface area contributed by atoms with Crippen LogP contribution in [-0.2, 0) is 20.9 Å². The van der Waals surface area contributed by atoms with Crippen LogP contribution in [0.15, 0.2) is 12.1 Å². The molecule has 3 rings (SSSR count). The number of esters is 1. The largest absolute Gasteiger partial charge is 0.468 e. The maximum atomic E-state index is 12.4. The van der Waals surface area contributed by atoms with E-state index in [0.29, 0.717) is 19.4 Å². The summed E-state index contributed by atoms with van der Waals surface area (Å²) in [7, 11) is 1.32. The maximum absolute atomic E-state index is 12.4. The summed E-state index contributed by atoms with van der Waals surface area (Å²) in [5.41, 5.74) is 1.00. The Balaban J connectivity index is 1.71. The highest BCUT2D eigenvalue weighted by atomic mass is 16.5. The second kappa shape index (κ2) is 6.18. The molecule has 124 valence electrons. The van der Waals surface area contributed by atoms with Crippen LogP contribution in [0.1, 0.15) is 36.9 Å². The number of carbonyl (C=O) groups is 2. The molecule has 2 fully saturated rings. The van der Waals surface area contributed by atoms with Crippen molar-refractivity contribution in [2.24, 2.45) is 5.41 Å². The molecule has 0 spiro atoms. The summed E-state index contributed by atoms with van der Waals surface area (Å²) in [4.78, 5) is 31.0. The van der Waals surface area contributed by atoms with Crippen LogP contribution in [0.3, 0.4) is 0 Å². The van der Waals surface area contributed by atoms with E-state index in [2.05, 4.69) is 15.2 Å². The molecule has 2 heterocycles. The zero-order chi connectivity index (χ0) is 16.4. The molecule has 1 N–H and O–H groups in total. The first-order chi connectivity index (χ1) is 11.1. The number of anilines is 1. The normalized spacial score (nSPS) is 18.6. The molecule has 1 aromatic rings. The van der Waals surface area contributed by atoms with Crippen LogP contribution in [0.25, 0.3) is 0 Å². The molecule has 6 heteroatoms. The number of carbonyl (C=O) groups excluding carboxylic acids is 2. The number of amides is 1. The van der Waals surface area contributed by atoms with Gasteiger partial charge in [0, 0.05) is 30.9 Å². The van der Waals surface area contributed by atoms with Crippen LogP contribution >= 0.6 is 0 Å². The third-order valence-corrected chi connectivity index (χ3v) is 4.70. The number of aromatic nitrogens is 1. The highest BCUT2D eigenvalue weighted by Crippen LogP contribution is 2.47. The van der Waals surface area contributed by atoms with Gasteiger partial charge in [0.2, 0.25) is 5.91 Å². The second-order valence-electron chi connectivity index (χ2n) is 6.39. The van der Waals surface area contributed by atoms with Crippen molar-refractivity contribution >= 4 is 17.7 Å². The predicted octanol–water partition coefficient (Wildman–Crippen LogP) is 1.56. The van der Waals surface area contributed by atoms with Gasteiger partial charge in [-0.05, 0) is 38.7 Å². The van der Waals surface area contributed by atoms with Crippen molar-refractivity contribution in [3.63, 3.8) is 0 Å². The van der Waals surface area contributed by atoms with E-state index in [4.69, 9.17) is 4.74 Å². The molecule has 1 aliphatic carbocycles. The topological polar surface area (TPSA) is 71.5 Å². The number of pyridine rings is 1. The summed E-state index contributed by atoms with van der Waals surface area (Å²) in [6.07, 6.45) is 3.48. The Morgan fingerprint density at radius 3 is 2.61 bits per heavy atom. The molecule has 1 aliphatic heterocycles. The molecule has 0 aromatic carbocycles. The number of aryl methyl sites for hydroxylation is 1. The fraction of sp³-hybridized carbons (Fsp3) is 0.588. The van der Waals surface area contributed by atoms with Gasteiger partial charge in [-0.15, -0.1) is 0 Å². The van der Waals surface area contributed by atoms with Crippen LogP contribution in [0.4, 0.5) is 5.82 Å². The van der Waals surface area contributed by atoms with Gasteiger partial charge < -0.3 is 15.0 Å². The Morgan fingerprint density at radius 1 is 1.30 bits per heavy atom. The Morgan fingerprint density at radius 2 is 2.00 bits per heavy atom. The molecule has 1 saturated heterocycles. The van der Waals surface area contributed by atoms with E-state index < -0.39 is 11.4 Å². The predicted molar refractivity (Wildman–Crippen MR) is 86.0 cm³/mol. The van der Waals surface area contributed by atoms with Crippen molar-refractivity contribution in [3.05, 3.63) is 23.4 Å². The van der Waals surface area contributed by atoms with E-state index >= 15 is 0 Å². The quantitative estimate of drug-likeness (QED) is 0.659. The Labute approximate surface area is 136 Å². The van der Waals surface area contributed by atoms with Gasteiger partial charge in [0.25, 0.3) is 0 Å². The summed E-state index contributed by atoms with van der Waals surface area (Å²) in [5.74, 6) is 0.278. The lowest BCUT2D eigenvalue weighted by Crippen LogP contribution is -2.37. The Kier molecular flexibility index (Phi) is 4.24. The average molecular weight is 317 g/mol. The van der Waals surface area contributed by atoms with Gasteiger partial charge in [-0.25, -0.2) is 4.98 Å². The second-order valence-corrected chi connectivity index (χ2v) is 6.39. The van der Waals surface area contributed by atoms with Crippen molar-refractivity contribution in [1.29, 1.82) is 0 Å². The van der Waals surface area contributed by atoms with Gasteiger partial charge in [-0.3, -0.25) is 9.59 Å². The van der Waals surface area contributed by atoms with Gasteiger partial charge >= 0.3 is 5.97 Å². The molecule has 0 atom stereocenters. The zero-order valence-corrected chi connectivity index (χ0v) is 13.7. The molecule has 0 radical (unpaired) electrons. The van der Waals surface area contributed by atoms with Crippen molar-refractivity contribution in [1.82, 2.24) is 10.3 Å². The number of hydrogen-bond donors (Lipinski definition) is 1. The van der Waals surface area contributed by atoms with Crippen LogP contribution in [0.5, 0.6) is 0 Å². The molecule has 0 unspecified atom stereocenters. The lowest BCUT2D eigenvalue weighted by molar-refractivity contribution is -0.152. The number of ether oxygens (including phenoxy) is 1. The fourth-order valence-electron chi connectivity index (χ4n) is 3.10. The van der Waals surface area contributed by atoms with E-state index in [-0.39, 0.29) is 5.91 Å². The minimum atomic E-state index is -0.958. The minimum absolute atomic E-state index is 0.239. The maximum Gasteiger partial charge on any atom is 0.321 e. The van der Waals surface area contributed by atoms with Crippen molar-refractivity contribution in [3.8, 4) is 0 Å². The Hall–Kier alpha value is -2.11. The van der Waals surface area contributed by atoms with Crippen LogP contribution in [0, 0.1) is 12.3 Å². The number of methoxy groups -OCH3 is 1. The van der Waals surface area contributed by atoms with Gasteiger partial charge in [0.1, 0.15) is 11.2 Å². The summed E-state index contributed by atoms with van der Waals surface area (Å²) in [6.45, 7) is 4.36. The molecule has 1 aromatic heterocycles. The lowest BCUT2D eigenvalue weighted by Gasteiger charge is -2.21. The standard InChI is InChI=1S/C17H23N3O3/c1-12-5-6-13(14(19-12)20-9-3-4-10-20)11-18-15(21)17(7-8-17)16(22)23-2/h5-6H,3-4,7-11H2,1-2H3,(H,18,21). The number of rotatable bonds is 5. The van der Waals surface area contributed by atoms with Crippen LogP contribution in [-0.4, -0.2) is 37.1 Å². The van der Waals surface area contributed by atoms with Gasteiger partial charge in [-0.1, -0.05) is 6.07 Å². The smallest absolute Gasteiger partial charge is 0.321 e. The lowest BCUT2D eigenvalue weighted by atomic mass is 10.1. The third-order valence-electron chi connectivity index (χ3n) is 4.70. The summed E-state index contributed by atoms with van der Waals surface area (Å²) in [6, 6.07) is 3.96. The molecular formula is C17H23N3O3. The first-order valence-electron chi connectivity index (χ1n) is 8.15. The monoisotopic (exact) mass is 317 g/mol. The van der Waals surface area contributed by atoms with Crippen molar-refractivity contribution in [2.75, 3.05) is 25.1 Å². The van der Waals surface area contributed by atoms with E-state index in [0.717, 1.165) is 30.2 Å². The molecular weight excluding hydrogens is 294 g/mol. The Bertz CT molecular complexity index is 620. The molecule has 2 aliphatic rings. The van der Waals surface area contributed by atoms with Gasteiger partial charge in [0.05, 0.1) is 7.11 Å². The van der Waals surface area contributed by atoms with E-state index in [9.17, 15) is 9.59 Å². The number of nitrogens with zero attached hydrogens (tertiary/aromatic N) is 2. The van der Waals surface area contributed by atoms with Gasteiger partial charge in [0.15, 0.2) is 0 Å². The van der Waals surface area contributed by atoms with E-state index in [1.807, 2.05) is 19.1 Å². The molecule has 1 amide bonds. The SMILES string of the molecule is COC(=O)C1(C(=O)NCc2ccc(C)nc2N2CCCC2)CC1.